The summed E-state index contributed by atoms with van der Waals surface area (Å²) >= 11 is 0. The Bertz CT molecular complexity index is 982. The maximum absolute atomic E-state index is 12.6. The minimum atomic E-state index is -3.67. The summed E-state index contributed by atoms with van der Waals surface area (Å²) in [5.41, 5.74) is 0. The van der Waals surface area contributed by atoms with Crippen molar-refractivity contribution in [3.8, 4) is 0 Å². The fourth-order valence-corrected chi connectivity index (χ4v) is 3.54. The molecule has 1 aromatic heterocycles. The molecule has 23 heavy (non-hydrogen) atoms. The van der Waals surface area contributed by atoms with Gasteiger partial charge in [-0.3, -0.25) is 4.72 Å². The summed E-state index contributed by atoms with van der Waals surface area (Å²) in [6.45, 7) is 0. The summed E-state index contributed by atoms with van der Waals surface area (Å²) in [6, 6.07) is 14.3. The maximum Gasteiger partial charge on any atom is 0.263 e. The summed E-state index contributed by atoms with van der Waals surface area (Å²) in [5.74, 6) is 1.40. The van der Waals surface area contributed by atoms with Gasteiger partial charge in [-0.1, -0.05) is 30.3 Å². The molecule has 0 unspecified atom stereocenters. The fraction of sp³-hybridized carbons (Fsp3) is 0.176. The van der Waals surface area contributed by atoms with Gasteiger partial charge in [-0.15, -0.1) is 0 Å². The topological polar surface area (TPSA) is 72.0 Å². The minimum Gasteiger partial charge on any atom is -0.263 e. The van der Waals surface area contributed by atoms with Gasteiger partial charge in [0.05, 0.1) is 4.90 Å². The molecule has 4 rings (SSSR count). The van der Waals surface area contributed by atoms with Crippen LogP contribution < -0.4 is 4.72 Å². The largest absolute Gasteiger partial charge is 0.263 e. The van der Waals surface area contributed by atoms with Crippen molar-refractivity contribution in [2.75, 3.05) is 4.72 Å². The molecule has 1 fully saturated rings. The van der Waals surface area contributed by atoms with Crippen molar-refractivity contribution in [2.45, 2.75) is 23.7 Å². The highest BCUT2D eigenvalue weighted by Crippen LogP contribution is 2.38. The van der Waals surface area contributed by atoms with Gasteiger partial charge in [-0.2, -0.15) is 0 Å². The Hall–Kier alpha value is -2.47. The second-order valence-electron chi connectivity index (χ2n) is 5.69. The van der Waals surface area contributed by atoms with E-state index in [-0.39, 0.29) is 4.90 Å². The van der Waals surface area contributed by atoms with Crippen LogP contribution >= 0.6 is 0 Å². The standard InChI is InChI=1S/C17H15N3O2S/c21-23(22,15-8-7-12-3-1-2-4-14(12)11-15)20-16-9-10-18-17(19-16)13-5-6-13/h1-4,7-11,13H,5-6H2,(H,18,19,20). The second-order valence-corrected chi connectivity index (χ2v) is 7.37. The molecule has 116 valence electrons. The van der Waals surface area contributed by atoms with E-state index < -0.39 is 10.0 Å². The molecule has 2 aromatic carbocycles. The van der Waals surface area contributed by atoms with Crippen LogP contribution in [-0.4, -0.2) is 18.4 Å². The summed E-state index contributed by atoms with van der Waals surface area (Å²) in [5, 5.41) is 1.89. The Labute approximate surface area is 134 Å². The Morgan fingerprint density at radius 2 is 1.78 bits per heavy atom. The van der Waals surface area contributed by atoms with Gasteiger partial charge in [-0.05, 0) is 41.8 Å². The Kier molecular flexibility index (Phi) is 3.27. The number of sulfonamides is 1. The molecule has 0 atom stereocenters. The van der Waals surface area contributed by atoms with E-state index in [0.717, 1.165) is 23.6 Å². The van der Waals surface area contributed by atoms with Gasteiger partial charge in [0.25, 0.3) is 10.0 Å². The average molecular weight is 325 g/mol. The number of hydrogen-bond donors (Lipinski definition) is 1. The molecule has 1 heterocycles. The zero-order valence-corrected chi connectivity index (χ0v) is 13.1. The molecule has 1 aliphatic carbocycles. The zero-order chi connectivity index (χ0) is 15.9. The molecular weight excluding hydrogens is 310 g/mol. The first kappa shape index (κ1) is 14.1. The van der Waals surface area contributed by atoms with E-state index in [9.17, 15) is 8.42 Å². The predicted molar refractivity (Wildman–Crippen MR) is 88.8 cm³/mol. The molecule has 0 bridgehead atoms. The molecule has 0 aliphatic heterocycles. The van der Waals surface area contributed by atoms with Crippen molar-refractivity contribution in [1.82, 2.24) is 9.97 Å². The van der Waals surface area contributed by atoms with E-state index in [1.54, 1.807) is 30.5 Å². The van der Waals surface area contributed by atoms with Crippen LogP contribution in [0, 0.1) is 0 Å². The molecule has 0 amide bonds. The third kappa shape index (κ3) is 2.90. The third-order valence-electron chi connectivity index (χ3n) is 3.89. The van der Waals surface area contributed by atoms with Gasteiger partial charge in [-0.25, -0.2) is 18.4 Å². The van der Waals surface area contributed by atoms with Gasteiger partial charge >= 0.3 is 0 Å². The molecule has 1 N–H and O–H groups in total. The van der Waals surface area contributed by atoms with E-state index in [1.165, 1.54) is 0 Å². The smallest absolute Gasteiger partial charge is 0.263 e. The van der Waals surface area contributed by atoms with Crippen molar-refractivity contribution in [1.29, 1.82) is 0 Å². The lowest BCUT2D eigenvalue weighted by Crippen LogP contribution is -2.14. The monoisotopic (exact) mass is 325 g/mol. The van der Waals surface area contributed by atoms with E-state index in [2.05, 4.69) is 14.7 Å². The SMILES string of the molecule is O=S(=O)(Nc1ccnc(C2CC2)n1)c1ccc2ccccc2c1. The zero-order valence-electron chi connectivity index (χ0n) is 12.3. The van der Waals surface area contributed by atoms with Crippen LogP contribution in [0.5, 0.6) is 0 Å². The Morgan fingerprint density at radius 1 is 1.00 bits per heavy atom. The lowest BCUT2D eigenvalue weighted by atomic mass is 10.1. The number of nitrogens with zero attached hydrogens (tertiary/aromatic N) is 2. The first-order valence-corrected chi connectivity index (χ1v) is 8.95. The van der Waals surface area contributed by atoms with E-state index in [0.29, 0.717) is 17.6 Å². The highest BCUT2D eigenvalue weighted by atomic mass is 32.2. The summed E-state index contributed by atoms with van der Waals surface area (Å²) < 4.78 is 27.7. The van der Waals surface area contributed by atoms with Gasteiger partial charge in [0.1, 0.15) is 11.6 Å². The normalized spacial score (nSPS) is 14.8. The van der Waals surface area contributed by atoms with Crippen LogP contribution in [0.2, 0.25) is 0 Å². The first-order valence-electron chi connectivity index (χ1n) is 7.46. The van der Waals surface area contributed by atoms with Crippen LogP contribution in [0.25, 0.3) is 10.8 Å². The number of hydrogen-bond acceptors (Lipinski definition) is 4. The van der Waals surface area contributed by atoms with Crippen molar-refractivity contribution in [3.63, 3.8) is 0 Å². The number of benzene rings is 2. The lowest BCUT2D eigenvalue weighted by Gasteiger charge is -2.09. The molecule has 1 saturated carbocycles. The van der Waals surface area contributed by atoms with Gasteiger partial charge < -0.3 is 0 Å². The highest BCUT2D eigenvalue weighted by molar-refractivity contribution is 7.92. The quantitative estimate of drug-likeness (QED) is 0.799. The Morgan fingerprint density at radius 3 is 2.57 bits per heavy atom. The van der Waals surface area contributed by atoms with E-state index in [1.807, 2.05) is 24.3 Å². The molecule has 0 spiro atoms. The van der Waals surface area contributed by atoms with Crippen molar-refractivity contribution >= 4 is 26.6 Å². The summed E-state index contributed by atoms with van der Waals surface area (Å²) in [7, 11) is -3.67. The number of nitrogens with one attached hydrogen (secondary N) is 1. The predicted octanol–water partition coefficient (Wildman–Crippen LogP) is 3.31. The van der Waals surface area contributed by atoms with Crippen LogP contribution in [0.15, 0.2) is 59.6 Å². The molecule has 1 aliphatic rings. The number of anilines is 1. The van der Waals surface area contributed by atoms with Crippen molar-refractivity contribution in [3.05, 3.63) is 60.6 Å². The van der Waals surface area contributed by atoms with Crippen molar-refractivity contribution < 1.29 is 8.42 Å². The third-order valence-corrected chi connectivity index (χ3v) is 5.24. The number of rotatable bonds is 4. The number of aromatic nitrogens is 2. The molecule has 0 radical (unpaired) electrons. The van der Waals surface area contributed by atoms with E-state index >= 15 is 0 Å². The maximum atomic E-state index is 12.6. The average Bonchev–Trinajstić information content (AvgIpc) is 3.39. The van der Waals surface area contributed by atoms with Crippen molar-refractivity contribution in [2.24, 2.45) is 0 Å². The van der Waals surface area contributed by atoms with Gasteiger partial charge in [0, 0.05) is 12.1 Å². The van der Waals surface area contributed by atoms with Crippen LogP contribution in [-0.2, 0) is 10.0 Å². The molecule has 6 heteroatoms. The first-order chi connectivity index (χ1) is 11.1. The second kappa shape index (κ2) is 5.31. The van der Waals surface area contributed by atoms with Crippen LogP contribution in [0.1, 0.15) is 24.6 Å². The molecular formula is C17H15N3O2S. The van der Waals surface area contributed by atoms with Gasteiger partial charge in [0.15, 0.2) is 0 Å². The summed E-state index contributed by atoms with van der Waals surface area (Å²) in [6.07, 6.45) is 3.74. The number of fused-ring (bicyclic) bond motifs is 1. The molecule has 3 aromatic rings. The minimum absolute atomic E-state index is 0.225. The molecule has 0 saturated heterocycles. The van der Waals surface area contributed by atoms with Crippen LogP contribution in [0.3, 0.4) is 0 Å². The lowest BCUT2D eigenvalue weighted by molar-refractivity contribution is 0.601. The van der Waals surface area contributed by atoms with Gasteiger partial charge in [0.2, 0.25) is 0 Å². The highest BCUT2D eigenvalue weighted by Gasteiger charge is 2.27. The summed E-state index contributed by atoms with van der Waals surface area (Å²) in [4.78, 5) is 8.73. The fourth-order valence-electron chi connectivity index (χ4n) is 2.50. The molecule has 5 nitrogen and oxygen atoms in total. The van der Waals surface area contributed by atoms with Crippen LogP contribution in [0.4, 0.5) is 5.82 Å². The van der Waals surface area contributed by atoms with E-state index in [4.69, 9.17) is 0 Å². The Balaban J connectivity index is 1.67.